The Bertz CT molecular complexity index is 572. The van der Waals surface area contributed by atoms with E-state index < -0.39 is 0 Å². The lowest BCUT2D eigenvalue weighted by Crippen LogP contribution is -2.41. The minimum absolute atomic E-state index is 0.619. The van der Waals surface area contributed by atoms with Crippen molar-refractivity contribution in [2.45, 2.75) is 25.3 Å². The molecule has 5 nitrogen and oxygen atoms in total. The number of hydrogen-bond acceptors (Lipinski definition) is 4. The van der Waals surface area contributed by atoms with Gasteiger partial charge in [0, 0.05) is 30.6 Å². The zero-order valence-corrected chi connectivity index (χ0v) is 12.9. The quantitative estimate of drug-likeness (QED) is 0.909. The standard InChI is InChI=1S/C15H20ClN5/c1-17-13-6-8-21(9-7-13)15-18-14(19-20-15)10-11-2-4-12(16)5-3-11/h2-5,13,17H,6-10H2,1H3,(H,18,19,20). The van der Waals surface area contributed by atoms with Crippen LogP contribution in [-0.2, 0) is 6.42 Å². The molecule has 2 heterocycles. The number of benzene rings is 1. The molecule has 2 aromatic rings. The Morgan fingerprint density at radius 1 is 1.29 bits per heavy atom. The number of rotatable bonds is 4. The summed E-state index contributed by atoms with van der Waals surface area (Å²) in [6.07, 6.45) is 3.02. The molecule has 0 aliphatic carbocycles. The van der Waals surface area contributed by atoms with E-state index in [-0.39, 0.29) is 0 Å². The van der Waals surface area contributed by atoms with Crippen LogP contribution in [-0.4, -0.2) is 41.4 Å². The van der Waals surface area contributed by atoms with E-state index in [0.29, 0.717) is 6.04 Å². The first-order chi connectivity index (χ1) is 10.2. The number of aromatic amines is 1. The van der Waals surface area contributed by atoms with Gasteiger partial charge in [-0.05, 0) is 37.6 Å². The van der Waals surface area contributed by atoms with Gasteiger partial charge in [0.25, 0.3) is 0 Å². The first-order valence-corrected chi connectivity index (χ1v) is 7.70. The largest absolute Gasteiger partial charge is 0.339 e. The molecular weight excluding hydrogens is 286 g/mol. The second kappa shape index (κ2) is 6.45. The molecule has 1 aromatic heterocycles. The molecule has 1 aliphatic rings. The lowest BCUT2D eigenvalue weighted by molar-refractivity contribution is 0.439. The van der Waals surface area contributed by atoms with Crippen LogP contribution in [0, 0.1) is 0 Å². The molecule has 2 N–H and O–H groups in total. The van der Waals surface area contributed by atoms with Crippen LogP contribution in [0.1, 0.15) is 24.2 Å². The molecule has 6 heteroatoms. The predicted molar refractivity (Wildman–Crippen MR) is 84.9 cm³/mol. The maximum Gasteiger partial charge on any atom is 0.244 e. The SMILES string of the molecule is CNC1CCN(c2n[nH]c(Cc3ccc(Cl)cc3)n2)CC1. The molecule has 1 aromatic carbocycles. The van der Waals surface area contributed by atoms with E-state index in [4.69, 9.17) is 11.6 Å². The van der Waals surface area contributed by atoms with Gasteiger partial charge < -0.3 is 10.2 Å². The van der Waals surface area contributed by atoms with E-state index >= 15 is 0 Å². The summed E-state index contributed by atoms with van der Waals surface area (Å²) >= 11 is 5.90. The molecule has 0 amide bonds. The first kappa shape index (κ1) is 14.4. The van der Waals surface area contributed by atoms with Gasteiger partial charge in [-0.2, -0.15) is 4.98 Å². The van der Waals surface area contributed by atoms with Crippen molar-refractivity contribution in [1.29, 1.82) is 0 Å². The molecule has 1 saturated heterocycles. The highest BCUT2D eigenvalue weighted by Gasteiger charge is 2.20. The minimum atomic E-state index is 0.619. The number of hydrogen-bond donors (Lipinski definition) is 2. The van der Waals surface area contributed by atoms with Gasteiger partial charge in [-0.25, -0.2) is 0 Å². The number of H-pyrrole nitrogens is 1. The molecule has 112 valence electrons. The maximum absolute atomic E-state index is 5.90. The van der Waals surface area contributed by atoms with E-state index in [2.05, 4.69) is 25.4 Å². The Kier molecular flexibility index (Phi) is 4.41. The van der Waals surface area contributed by atoms with Crippen LogP contribution in [0.4, 0.5) is 5.95 Å². The van der Waals surface area contributed by atoms with Crippen molar-refractivity contribution in [3.63, 3.8) is 0 Å². The van der Waals surface area contributed by atoms with Gasteiger partial charge in [0.1, 0.15) is 5.82 Å². The second-order valence-electron chi connectivity index (χ2n) is 5.44. The molecule has 0 atom stereocenters. The lowest BCUT2D eigenvalue weighted by Gasteiger charge is -2.30. The Morgan fingerprint density at radius 2 is 2.00 bits per heavy atom. The van der Waals surface area contributed by atoms with Crippen molar-refractivity contribution in [3.8, 4) is 0 Å². The zero-order chi connectivity index (χ0) is 14.7. The van der Waals surface area contributed by atoms with Crippen LogP contribution < -0.4 is 10.2 Å². The Hall–Kier alpha value is -1.59. The molecule has 0 unspecified atom stereocenters. The Balaban J connectivity index is 1.62. The third-order valence-corrected chi connectivity index (χ3v) is 4.24. The molecular formula is C15H20ClN5. The topological polar surface area (TPSA) is 56.8 Å². The maximum atomic E-state index is 5.90. The molecule has 21 heavy (non-hydrogen) atoms. The number of nitrogens with one attached hydrogen (secondary N) is 2. The average Bonchev–Trinajstić information content (AvgIpc) is 2.98. The third kappa shape index (κ3) is 3.54. The van der Waals surface area contributed by atoms with Crippen LogP contribution in [0.5, 0.6) is 0 Å². The summed E-state index contributed by atoms with van der Waals surface area (Å²) in [7, 11) is 2.03. The molecule has 0 radical (unpaired) electrons. The van der Waals surface area contributed by atoms with Crippen molar-refractivity contribution in [3.05, 3.63) is 40.7 Å². The molecule has 1 fully saturated rings. The van der Waals surface area contributed by atoms with Gasteiger partial charge in [0.05, 0.1) is 0 Å². The normalized spacial score (nSPS) is 16.4. The summed E-state index contributed by atoms with van der Waals surface area (Å²) < 4.78 is 0. The monoisotopic (exact) mass is 305 g/mol. The fraction of sp³-hybridized carbons (Fsp3) is 0.467. The van der Waals surface area contributed by atoms with E-state index in [1.54, 1.807) is 0 Å². The first-order valence-electron chi connectivity index (χ1n) is 7.32. The number of aromatic nitrogens is 3. The molecule has 1 aliphatic heterocycles. The van der Waals surface area contributed by atoms with Crippen LogP contribution in [0.2, 0.25) is 5.02 Å². The second-order valence-corrected chi connectivity index (χ2v) is 5.87. The van der Waals surface area contributed by atoms with Crippen molar-refractivity contribution < 1.29 is 0 Å². The summed E-state index contributed by atoms with van der Waals surface area (Å²) in [5.74, 6) is 1.71. The highest BCUT2D eigenvalue weighted by Crippen LogP contribution is 2.17. The fourth-order valence-electron chi connectivity index (χ4n) is 2.67. The summed E-state index contributed by atoms with van der Waals surface area (Å²) in [6, 6.07) is 8.45. The summed E-state index contributed by atoms with van der Waals surface area (Å²) in [4.78, 5) is 6.85. The number of piperidine rings is 1. The van der Waals surface area contributed by atoms with E-state index in [0.717, 1.165) is 49.1 Å². The van der Waals surface area contributed by atoms with Crippen LogP contribution in [0.3, 0.4) is 0 Å². The molecule has 0 saturated carbocycles. The third-order valence-electron chi connectivity index (χ3n) is 3.99. The van der Waals surface area contributed by atoms with Crippen LogP contribution in [0.25, 0.3) is 0 Å². The average molecular weight is 306 g/mol. The Morgan fingerprint density at radius 3 is 2.67 bits per heavy atom. The van der Waals surface area contributed by atoms with Crippen molar-refractivity contribution in [2.24, 2.45) is 0 Å². The van der Waals surface area contributed by atoms with Crippen molar-refractivity contribution in [1.82, 2.24) is 20.5 Å². The van der Waals surface area contributed by atoms with Crippen LogP contribution >= 0.6 is 11.6 Å². The van der Waals surface area contributed by atoms with Gasteiger partial charge in [-0.1, -0.05) is 23.7 Å². The molecule has 0 spiro atoms. The van der Waals surface area contributed by atoms with E-state index in [9.17, 15) is 0 Å². The Labute approximate surface area is 129 Å². The van der Waals surface area contributed by atoms with Gasteiger partial charge >= 0.3 is 0 Å². The summed E-state index contributed by atoms with van der Waals surface area (Å²) in [6.45, 7) is 2.01. The van der Waals surface area contributed by atoms with Gasteiger partial charge in [-0.3, -0.25) is 5.10 Å². The van der Waals surface area contributed by atoms with Gasteiger partial charge in [0.15, 0.2) is 0 Å². The van der Waals surface area contributed by atoms with Crippen LogP contribution in [0.15, 0.2) is 24.3 Å². The predicted octanol–water partition coefficient (Wildman–Crippen LogP) is 2.24. The lowest BCUT2D eigenvalue weighted by atomic mass is 10.1. The summed E-state index contributed by atoms with van der Waals surface area (Å²) in [5, 5.41) is 11.5. The number of nitrogens with zero attached hydrogens (tertiary/aromatic N) is 3. The smallest absolute Gasteiger partial charge is 0.244 e. The zero-order valence-electron chi connectivity index (χ0n) is 12.1. The van der Waals surface area contributed by atoms with Crippen molar-refractivity contribution >= 4 is 17.5 Å². The van der Waals surface area contributed by atoms with Gasteiger partial charge in [-0.15, -0.1) is 5.10 Å². The van der Waals surface area contributed by atoms with Crippen molar-refractivity contribution in [2.75, 3.05) is 25.0 Å². The fourth-order valence-corrected chi connectivity index (χ4v) is 2.80. The van der Waals surface area contributed by atoms with E-state index in [1.807, 2.05) is 31.3 Å². The minimum Gasteiger partial charge on any atom is -0.339 e. The molecule has 3 rings (SSSR count). The highest BCUT2D eigenvalue weighted by atomic mass is 35.5. The van der Waals surface area contributed by atoms with Gasteiger partial charge in [0.2, 0.25) is 5.95 Å². The number of anilines is 1. The summed E-state index contributed by atoms with van der Waals surface area (Å²) in [5.41, 5.74) is 1.18. The highest BCUT2D eigenvalue weighted by molar-refractivity contribution is 6.30. The van der Waals surface area contributed by atoms with E-state index in [1.165, 1.54) is 5.56 Å². The molecule has 0 bridgehead atoms. The number of halogens is 1.